The molecule has 6 aromatic rings. The van der Waals surface area contributed by atoms with E-state index in [1.165, 1.54) is 33.6 Å². The number of anilines is 6. The monoisotopic (exact) mass is 486 g/mol. The van der Waals surface area contributed by atoms with Crippen molar-refractivity contribution < 1.29 is 0 Å². The van der Waals surface area contributed by atoms with Crippen LogP contribution in [0.3, 0.4) is 0 Å². The molecule has 1 aliphatic carbocycles. The fourth-order valence-corrected chi connectivity index (χ4v) is 5.52. The largest absolute Gasteiger partial charge is 0.310 e. The molecule has 0 aromatic heterocycles. The highest BCUT2D eigenvalue weighted by atomic mass is 15.2. The normalized spacial score (nSPS) is 11.2. The molecule has 6 aromatic carbocycles. The number of rotatable bonds is 6. The van der Waals surface area contributed by atoms with E-state index in [1.54, 1.807) is 0 Å². The number of hydrogen-bond acceptors (Lipinski definition) is 2. The molecule has 0 heterocycles. The Kier molecular flexibility index (Phi) is 5.49. The maximum Gasteiger partial charge on any atom is 0.0548 e. The average Bonchev–Trinajstić information content (AvgIpc) is 2.98. The second-order valence-corrected chi connectivity index (χ2v) is 9.41. The lowest BCUT2D eigenvalue weighted by Gasteiger charge is -2.37. The van der Waals surface area contributed by atoms with Gasteiger partial charge in [-0.25, -0.2) is 0 Å². The fourth-order valence-electron chi connectivity index (χ4n) is 5.52. The summed E-state index contributed by atoms with van der Waals surface area (Å²) in [7, 11) is 0. The number of para-hydroxylation sites is 4. The molecule has 180 valence electrons. The van der Waals surface area contributed by atoms with Gasteiger partial charge in [0.15, 0.2) is 0 Å². The van der Waals surface area contributed by atoms with Gasteiger partial charge < -0.3 is 9.80 Å². The molecular weight excluding hydrogens is 460 g/mol. The van der Waals surface area contributed by atoms with Crippen molar-refractivity contribution in [1.29, 1.82) is 0 Å². The molecule has 0 bridgehead atoms. The molecule has 1 aliphatic rings. The van der Waals surface area contributed by atoms with Crippen molar-refractivity contribution in [2.45, 2.75) is 0 Å². The minimum absolute atomic E-state index is 1.14. The minimum atomic E-state index is 1.14. The summed E-state index contributed by atoms with van der Waals surface area (Å²) in [6.45, 7) is 0. The van der Waals surface area contributed by atoms with Crippen LogP contribution in [0.1, 0.15) is 0 Å². The van der Waals surface area contributed by atoms with Gasteiger partial charge in [0.2, 0.25) is 0 Å². The molecule has 0 N–H and O–H groups in total. The van der Waals surface area contributed by atoms with Crippen LogP contribution < -0.4 is 9.80 Å². The summed E-state index contributed by atoms with van der Waals surface area (Å²) in [5, 5.41) is 0. The van der Waals surface area contributed by atoms with Crippen molar-refractivity contribution in [3.05, 3.63) is 158 Å². The van der Waals surface area contributed by atoms with Crippen LogP contribution in [0.5, 0.6) is 0 Å². The van der Waals surface area contributed by atoms with Gasteiger partial charge in [0.1, 0.15) is 0 Å². The lowest BCUT2D eigenvalue weighted by molar-refractivity contribution is 1.25. The highest BCUT2D eigenvalue weighted by Gasteiger charge is 2.33. The third-order valence-corrected chi connectivity index (χ3v) is 7.17. The molecular formula is C36H26N2. The fraction of sp³-hybridized carbons (Fsp3) is 0. The first-order chi connectivity index (χ1) is 18.9. The zero-order valence-electron chi connectivity index (χ0n) is 20.9. The Bertz CT molecular complexity index is 1490. The molecule has 2 nitrogen and oxygen atoms in total. The number of nitrogens with zero attached hydrogens (tertiary/aromatic N) is 2. The number of hydrogen-bond donors (Lipinski definition) is 0. The lowest BCUT2D eigenvalue weighted by atomic mass is 9.77. The van der Waals surface area contributed by atoms with Crippen LogP contribution >= 0.6 is 0 Å². The van der Waals surface area contributed by atoms with Crippen LogP contribution in [0.2, 0.25) is 0 Å². The average molecular weight is 487 g/mol. The Balaban J connectivity index is 1.49. The minimum Gasteiger partial charge on any atom is -0.310 e. The molecule has 0 amide bonds. The number of benzene rings is 6. The predicted octanol–water partition coefficient (Wildman–Crippen LogP) is 10.3. The van der Waals surface area contributed by atoms with Crippen LogP contribution in [-0.4, -0.2) is 0 Å². The quantitative estimate of drug-likeness (QED) is 0.231. The molecule has 0 saturated carbocycles. The molecule has 0 atom stereocenters. The van der Waals surface area contributed by atoms with Gasteiger partial charge in [-0.1, -0.05) is 97.1 Å². The molecule has 2 heteroatoms. The third kappa shape index (κ3) is 3.66. The molecule has 38 heavy (non-hydrogen) atoms. The van der Waals surface area contributed by atoms with Gasteiger partial charge in [0.05, 0.1) is 11.4 Å². The van der Waals surface area contributed by atoms with Gasteiger partial charge in [-0.05, 0) is 71.8 Å². The van der Waals surface area contributed by atoms with Gasteiger partial charge in [-0.2, -0.15) is 0 Å². The van der Waals surface area contributed by atoms with E-state index in [4.69, 9.17) is 0 Å². The van der Waals surface area contributed by atoms with Crippen LogP contribution in [0, 0.1) is 0 Å². The highest BCUT2D eigenvalue weighted by molar-refractivity contribution is 6.15. The summed E-state index contributed by atoms with van der Waals surface area (Å²) in [5.41, 5.74) is 12.1. The molecule has 0 aliphatic heterocycles. The van der Waals surface area contributed by atoms with Gasteiger partial charge >= 0.3 is 0 Å². The van der Waals surface area contributed by atoms with Crippen LogP contribution in [0.15, 0.2) is 158 Å². The Labute approximate surface area is 223 Å². The topological polar surface area (TPSA) is 6.48 Å². The van der Waals surface area contributed by atoms with E-state index in [9.17, 15) is 0 Å². The van der Waals surface area contributed by atoms with E-state index in [0.29, 0.717) is 0 Å². The molecule has 0 unspecified atom stereocenters. The Morgan fingerprint density at radius 3 is 0.816 bits per heavy atom. The van der Waals surface area contributed by atoms with Crippen molar-refractivity contribution in [1.82, 2.24) is 0 Å². The summed E-state index contributed by atoms with van der Waals surface area (Å²) < 4.78 is 0. The van der Waals surface area contributed by atoms with E-state index >= 15 is 0 Å². The van der Waals surface area contributed by atoms with Crippen LogP contribution in [-0.2, 0) is 0 Å². The van der Waals surface area contributed by atoms with E-state index in [1.807, 2.05) is 0 Å². The van der Waals surface area contributed by atoms with Gasteiger partial charge in [-0.15, -0.1) is 0 Å². The Hall–Kier alpha value is -5.08. The van der Waals surface area contributed by atoms with Gasteiger partial charge in [0, 0.05) is 33.9 Å². The van der Waals surface area contributed by atoms with Crippen molar-refractivity contribution in [3.63, 3.8) is 0 Å². The van der Waals surface area contributed by atoms with E-state index in [0.717, 1.165) is 22.7 Å². The van der Waals surface area contributed by atoms with Crippen molar-refractivity contribution in [3.8, 4) is 22.3 Å². The Morgan fingerprint density at radius 2 is 0.526 bits per heavy atom. The van der Waals surface area contributed by atoms with E-state index in [-0.39, 0.29) is 0 Å². The first kappa shape index (κ1) is 22.1. The standard InChI is InChI=1S/C36H26N2/c1-5-15-27(16-6-1)37(28-17-7-2-8-18-28)33-25-26-34(36-32-24-14-13-23-31(32)35(33)36)38(29-19-9-3-10-20-29)30-21-11-4-12-22-30/h1-26H. The van der Waals surface area contributed by atoms with Crippen LogP contribution in [0.4, 0.5) is 34.1 Å². The van der Waals surface area contributed by atoms with Crippen molar-refractivity contribution >= 4 is 34.1 Å². The lowest BCUT2D eigenvalue weighted by Crippen LogP contribution is -2.17. The van der Waals surface area contributed by atoms with E-state index < -0.39 is 0 Å². The summed E-state index contributed by atoms with van der Waals surface area (Å²) in [6.07, 6.45) is 0. The molecule has 0 spiro atoms. The first-order valence-corrected chi connectivity index (χ1v) is 13.0. The highest BCUT2D eigenvalue weighted by Crippen LogP contribution is 2.59. The summed E-state index contributed by atoms with van der Waals surface area (Å²) in [5.74, 6) is 0. The molecule has 0 saturated heterocycles. The summed E-state index contributed by atoms with van der Waals surface area (Å²) >= 11 is 0. The van der Waals surface area contributed by atoms with Crippen molar-refractivity contribution in [2.75, 3.05) is 9.80 Å². The SMILES string of the molecule is c1ccc(N(c2ccccc2)c2ccc(N(c3ccccc3)c3ccccc3)c3c2-c2ccccc2-3)cc1. The predicted molar refractivity (Wildman–Crippen MR) is 160 cm³/mol. The zero-order valence-corrected chi connectivity index (χ0v) is 20.9. The van der Waals surface area contributed by atoms with Crippen molar-refractivity contribution in [2.24, 2.45) is 0 Å². The summed E-state index contributed by atoms with van der Waals surface area (Å²) in [6, 6.07) is 55.9. The maximum atomic E-state index is 2.37. The second-order valence-electron chi connectivity index (χ2n) is 9.41. The zero-order chi connectivity index (χ0) is 25.3. The Morgan fingerprint density at radius 1 is 0.263 bits per heavy atom. The molecule has 0 radical (unpaired) electrons. The smallest absolute Gasteiger partial charge is 0.0548 e. The third-order valence-electron chi connectivity index (χ3n) is 7.17. The molecule has 0 fully saturated rings. The van der Waals surface area contributed by atoms with Gasteiger partial charge in [-0.3, -0.25) is 0 Å². The molecule has 7 rings (SSSR count). The first-order valence-electron chi connectivity index (χ1n) is 13.0. The maximum absolute atomic E-state index is 2.37. The second kappa shape index (κ2) is 9.42. The van der Waals surface area contributed by atoms with Crippen LogP contribution in [0.25, 0.3) is 22.3 Å². The summed E-state index contributed by atoms with van der Waals surface area (Å²) in [4.78, 5) is 4.74. The van der Waals surface area contributed by atoms with E-state index in [2.05, 4.69) is 168 Å². The number of fused-ring (bicyclic) bond motifs is 4. The van der Waals surface area contributed by atoms with Gasteiger partial charge in [0.25, 0.3) is 0 Å².